The molecule has 0 amide bonds. The number of nitrogens with zero attached hydrogens (tertiary/aromatic N) is 4. The molecule has 0 fully saturated rings. The average Bonchev–Trinajstić information content (AvgIpc) is 3.04. The van der Waals surface area contributed by atoms with Crippen LogP contribution in [0.2, 0.25) is 10.0 Å². The van der Waals surface area contributed by atoms with Crippen LogP contribution in [0.1, 0.15) is 17.2 Å². The van der Waals surface area contributed by atoms with Gasteiger partial charge in [0.2, 0.25) is 5.95 Å². The molecule has 0 saturated heterocycles. The van der Waals surface area contributed by atoms with Crippen LogP contribution in [0.25, 0.3) is 5.70 Å². The van der Waals surface area contributed by atoms with E-state index in [1.54, 1.807) is 35.0 Å². The maximum atomic E-state index is 13.2. The molecular weight excluding hydrogens is 352 g/mol. The van der Waals surface area contributed by atoms with Gasteiger partial charge in [0.15, 0.2) is 0 Å². The van der Waals surface area contributed by atoms with E-state index in [-0.39, 0.29) is 11.9 Å². The van der Waals surface area contributed by atoms with Crippen LogP contribution < -0.4 is 5.32 Å². The van der Waals surface area contributed by atoms with Gasteiger partial charge in [-0.15, -0.1) is 0 Å². The summed E-state index contributed by atoms with van der Waals surface area (Å²) in [5.41, 5.74) is 2.26. The van der Waals surface area contributed by atoms with E-state index < -0.39 is 0 Å². The Hall–Kier alpha value is -2.44. The number of fused-ring (bicyclic) bond motifs is 1. The Kier molecular flexibility index (Phi) is 3.70. The first-order valence-electron chi connectivity index (χ1n) is 7.10. The van der Waals surface area contributed by atoms with Gasteiger partial charge in [-0.25, -0.2) is 4.39 Å². The standard InChI is InChI=1S/C16H10Cl2FN5/c17-11-2-1-3-12(18)15(11)14-8-13(9-4-6-10(19)7-5-9)20-16-21-22-23-24(14)16/h1-8,14H,(H,20,21,23)/t14-/m0/s1. The van der Waals surface area contributed by atoms with E-state index in [4.69, 9.17) is 23.2 Å². The van der Waals surface area contributed by atoms with E-state index in [0.717, 1.165) is 11.3 Å². The summed E-state index contributed by atoms with van der Waals surface area (Å²) in [6, 6.07) is 11.1. The minimum Gasteiger partial charge on any atom is -0.323 e. The SMILES string of the molecule is Fc1ccc(C2=C[C@@H](c3c(Cl)cccc3Cl)n3nnnc3N2)cc1. The van der Waals surface area contributed by atoms with Gasteiger partial charge in [0, 0.05) is 21.3 Å². The van der Waals surface area contributed by atoms with E-state index in [9.17, 15) is 4.39 Å². The summed E-state index contributed by atoms with van der Waals surface area (Å²) in [4.78, 5) is 0. The monoisotopic (exact) mass is 361 g/mol. The van der Waals surface area contributed by atoms with Crippen molar-refractivity contribution in [2.45, 2.75) is 6.04 Å². The molecule has 1 aliphatic rings. The highest BCUT2D eigenvalue weighted by Crippen LogP contribution is 2.38. The van der Waals surface area contributed by atoms with Gasteiger partial charge < -0.3 is 5.32 Å². The molecule has 1 aromatic heterocycles. The summed E-state index contributed by atoms with van der Waals surface area (Å²) in [5, 5.41) is 15.9. The van der Waals surface area contributed by atoms with E-state index in [1.165, 1.54) is 12.1 Å². The molecule has 0 bridgehead atoms. The summed E-state index contributed by atoms with van der Waals surface area (Å²) in [5.74, 6) is 0.156. The molecule has 0 spiro atoms. The van der Waals surface area contributed by atoms with Crippen molar-refractivity contribution in [2.75, 3.05) is 5.32 Å². The molecule has 0 unspecified atom stereocenters. The zero-order valence-corrected chi connectivity index (χ0v) is 13.6. The van der Waals surface area contributed by atoms with Gasteiger partial charge in [-0.05, 0) is 58.5 Å². The fraction of sp³-hybridized carbons (Fsp3) is 0.0625. The van der Waals surface area contributed by atoms with Crippen molar-refractivity contribution in [3.8, 4) is 0 Å². The Labute approximate surface area is 146 Å². The number of benzene rings is 2. The molecule has 0 saturated carbocycles. The third-order valence-electron chi connectivity index (χ3n) is 3.78. The maximum Gasteiger partial charge on any atom is 0.248 e. The van der Waals surface area contributed by atoms with Gasteiger partial charge in [0.05, 0.1) is 0 Å². The first kappa shape index (κ1) is 15.1. The quantitative estimate of drug-likeness (QED) is 0.743. The molecule has 3 aromatic rings. The summed E-state index contributed by atoms with van der Waals surface area (Å²) in [6.07, 6.45) is 1.91. The second-order valence-corrected chi connectivity index (χ2v) is 6.05. The van der Waals surface area contributed by atoms with Crippen LogP contribution in [0.4, 0.5) is 10.3 Å². The number of allylic oxidation sites excluding steroid dienone is 1. The second-order valence-electron chi connectivity index (χ2n) is 5.24. The van der Waals surface area contributed by atoms with Crippen LogP contribution in [-0.4, -0.2) is 20.2 Å². The van der Waals surface area contributed by atoms with Crippen molar-refractivity contribution in [2.24, 2.45) is 0 Å². The van der Waals surface area contributed by atoms with Crippen molar-refractivity contribution in [1.29, 1.82) is 0 Å². The molecule has 5 nitrogen and oxygen atoms in total. The number of halogens is 3. The number of rotatable bonds is 2. The molecule has 2 aromatic carbocycles. The lowest BCUT2D eigenvalue weighted by Crippen LogP contribution is -2.20. The van der Waals surface area contributed by atoms with Gasteiger partial charge in [0.1, 0.15) is 11.9 Å². The summed E-state index contributed by atoms with van der Waals surface area (Å²) < 4.78 is 14.8. The minimum absolute atomic E-state index is 0.300. The Morgan fingerprint density at radius 1 is 1.04 bits per heavy atom. The Morgan fingerprint density at radius 3 is 2.46 bits per heavy atom. The van der Waals surface area contributed by atoms with Crippen LogP contribution in [0, 0.1) is 5.82 Å². The largest absolute Gasteiger partial charge is 0.323 e. The van der Waals surface area contributed by atoms with Crippen LogP contribution >= 0.6 is 23.2 Å². The van der Waals surface area contributed by atoms with Gasteiger partial charge in [-0.2, -0.15) is 4.68 Å². The van der Waals surface area contributed by atoms with Crippen LogP contribution in [-0.2, 0) is 0 Å². The lowest BCUT2D eigenvalue weighted by Gasteiger charge is -2.24. The predicted molar refractivity (Wildman–Crippen MR) is 90.4 cm³/mol. The van der Waals surface area contributed by atoms with Crippen molar-refractivity contribution >= 4 is 34.8 Å². The Balaban J connectivity index is 1.87. The topological polar surface area (TPSA) is 55.6 Å². The van der Waals surface area contributed by atoms with Crippen LogP contribution in [0.3, 0.4) is 0 Å². The van der Waals surface area contributed by atoms with Gasteiger partial charge in [-0.3, -0.25) is 0 Å². The average molecular weight is 362 g/mol. The number of nitrogens with one attached hydrogen (secondary N) is 1. The highest BCUT2D eigenvalue weighted by Gasteiger charge is 2.27. The van der Waals surface area contributed by atoms with E-state index >= 15 is 0 Å². The predicted octanol–water partition coefficient (Wildman–Crippen LogP) is 4.18. The number of tetrazole rings is 1. The lowest BCUT2D eigenvalue weighted by atomic mass is 10.0. The molecular formula is C16H10Cl2FN5. The zero-order chi connectivity index (χ0) is 16.7. The van der Waals surface area contributed by atoms with Crippen molar-refractivity contribution in [3.05, 3.63) is 75.5 Å². The molecule has 24 heavy (non-hydrogen) atoms. The molecule has 0 radical (unpaired) electrons. The number of hydrogen-bond donors (Lipinski definition) is 1. The normalized spacial score (nSPS) is 16.3. The van der Waals surface area contributed by atoms with Gasteiger partial charge >= 0.3 is 0 Å². The highest BCUT2D eigenvalue weighted by atomic mass is 35.5. The summed E-state index contributed by atoms with van der Waals surface area (Å²) in [6.45, 7) is 0. The smallest absolute Gasteiger partial charge is 0.248 e. The molecule has 2 heterocycles. The fourth-order valence-corrected chi connectivity index (χ4v) is 3.27. The Morgan fingerprint density at radius 2 is 1.75 bits per heavy atom. The van der Waals surface area contributed by atoms with Crippen LogP contribution in [0.5, 0.6) is 0 Å². The second kappa shape index (κ2) is 5.89. The maximum absolute atomic E-state index is 13.2. The van der Waals surface area contributed by atoms with Gasteiger partial charge in [0.25, 0.3) is 0 Å². The highest BCUT2D eigenvalue weighted by molar-refractivity contribution is 6.36. The minimum atomic E-state index is -0.377. The number of anilines is 1. The molecule has 0 aliphatic carbocycles. The lowest BCUT2D eigenvalue weighted by molar-refractivity contribution is 0.586. The van der Waals surface area contributed by atoms with Crippen molar-refractivity contribution in [3.63, 3.8) is 0 Å². The first-order chi connectivity index (χ1) is 11.6. The van der Waals surface area contributed by atoms with Crippen molar-refractivity contribution in [1.82, 2.24) is 20.2 Å². The van der Waals surface area contributed by atoms with Crippen LogP contribution in [0.15, 0.2) is 48.5 Å². The number of hydrogen-bond acceptors (Lipinski definition) is 4. The first-order valence-corrected chi connectivity index (χ1v) is 7.85. The van der Waals surface area contributed by atoms with E-state index in [0.29, 0.717) is 21.6 Å². The van der Waals surface area contributed by atoms with E-state index in [1.807, 2.05) is 6.08 Å². The zero-order valence-electron chi connectivity index (χ0n) is 12.1. The summed E-state index contributed by atoms with van der Waals surface area (Å²) in [7, 11) is 0. The third kappa shape index (κ3) is 2.53. The van der Waals surface area contributed by atoms with E-state index in [2.05, 4.69) is 20.8 Å². The molecule has 1 atom stereocenters. The molecule has 1 aliphatic heterocycles. The summed E-state index contributed by atoms with van der Waals surface area (Å²) >= 11 is 12.7. The Bertz CT molecular complexity index is 916. The molecule has 120 valence electrons. The molecule has 4 rings (SSSR count). The fourth-order valence-electron chi connectivity index (χ4n) is 2.65. The van der Waals surface area contributed by atoms with Gasteiger partial charge in [-0.1, -0.05) is 34.4 Å². The van der Waals surface area contributed by atoms with Crippen molar-refractivity contribution < 1.29 is 4.39 Å². The molecule has 8 heteroatoms. The molecule has 1 N–H and O–H groups in total. The number of aromatic nitrogens is 4. The third-order valence-corrected chi connectivity index (χ3v) is 4.44.